The second-order valence-corrected chi connectivity index (χ2v) is 9.63. The maximum absolute atomic E-state index is 15.4. The van der Waals surface area contributed by atoms with Gasteiger partial charge in [-0.1, -0.05) is 6.07 Å². The van der Waals surface area contributed by atoms with Gasteiger partial charge in [0, 0.05) is 64.4 Å². The molecule has 0 unspecified atom stereocenters. The lowest BCUT2D eigenvalue weighted by Crippen LogP contribution is -2.46. The van der Waals surface area contributed by atoms with E-state index in [9.17, 15) is 13.6 Å². The molecule has 0 N–H and O–H groups in total. The van der Waals surface area contributed by atoms with Crippen molar-refractivity contribution in [2.75, 3.05) is 31.1 Å². The summed E-state index contributed by atoms with van der Waals surface area (Å²) in [5.41, 5.74) is 3.24. The third-order valence-electron chi connectivity index (χ3n) is 7.08. The Hall–Kier alpha value is -4.52. The maximum atomic E-state index is 15.4. The third kappa shape index (κ3) is 4.95. The first-order valence-corrected chi connectivity index (χ1v) is 12.7. The molecule has 0 bridgehead atoms. The Morgan fingerprint density at radius 1 is 1.00 bits per heavy atom. The number of benzene rings is 1. The summed E-state index contributed by atoms with van der Waals surface area (Å²) in [5, 5.41) is 6.93. The van der Waals surface area contributed by atoms with Crippen molar-refractivity contribution in [3.05, 3.63) is 88.4 Å². The largest absolute Gasteiger partial charge is 0.415 e. The number of rotatable bonds is 7. The van der Waals surface area contributed by atoms with E-state index in [4.69, 9.17) is 4.42 Å². The van der Waals surface area contributed by atoms with Gasteiger partial charge < -0.3 is 9.32 Å². The van der Waals surface area contributed by atoms with Crippen LogP contribution in [0.5, 0.6) is 0 Å². The van der Waals surface area contributed by atoms with Gasteiger partial charge in [-0.3, -0.25) is 24.0 Å². The Morgan fingerprint density at radius 3 is 2.50 bits per heavy atom. The van der Waals surface area contributed by atoms with Crippen molar-refractivity contribution in [3.63, 3.8) is 0 Å². The van der Waals surface area contributed by atoms with Crippen LogP contribution in [0.3, 0.4) is 0 Å². The molecule has 10 nitrogen and oxygen atoms in total. The molecule has 40 heavy (non-hydrogen) atoms. The zero-order chi connectivity index (χ0) is 27.8. The molecule has 1 aromatic carbocycles. The minimum Gasteiger partial charge on any atom is -0.415 e. The molecular formula is C27H25F3N8O2. The predicted octanol–water partition coefficient (Wildman–Crippen LogP) is 3.63. The van der Waals surface area contributed by atoms with E-state index in [1.165, 1.54) is 21.4 Å². The number of nitrogens with zero attached hydrogens (tertiary/aromatic N) is 8. The Morgan fingerprint density at radius 2 is 1.82 bits per heavy atom. The highest BCUT2D eigenvalue weighted by atomic mass is 19.3. The van der Waals surface area contributed by atoms with Crippen molar-refractivity contribution < 1.29 is 17.6 Å². The molecule has 0 saturated carbocycles. The van der Waals surface area contributed by atoms with Gasteiger partial charge in [0.1, 0.15) is 5.82 Å². The maximum Gasteiger partial charge on any atom is 0.329 e. The SMILES string of the molecule is Cn1c(=O)n(Cc2ccc(-c3nnc(C(F)F)o3)cn2)c2cc(F)c(N3CCN(Cc4cccnc4)CC3)cc21. The summed E-state index contributed by atoms with van der Waals surface area (Å²) in [4.78, 5) is 25.9. The van der Waals surface area contributed by atoms with Crippen LogP contribution in [0.15, 0.2) is 64.2 Å². The molecule has 1 aliphatic rings. The van der Waals surface area contributed by atoms with Crippen LogP contribution in [0.25, 0.3) is 22.5 Å². The number of pyridine rings is 2. The molecule has 0 atom stereocenters. The van der Waals surface area contributed by atoms with E-state index in [0.29, 0.717) is 41.1 Å². The van der Waals surface area contributed by atoms with Crippen molar-refractivity contribution in [2.45, 2.75) is 19.5 Å². The number of hydrogen-bond donors (Lipinski definition) is 0. The molecular weight excluding hydrogens is 525 g/mol. The summed E-state index contributed by atoms with van der Waals surface area (Å²) >= 11 is 0. The summed E-state index contributed by atoms with van der Waals surface area (Å²) in [6.07, 6.45) is 2.14. The second-order valence-electron chi connectivity index (χ2n) is 9.63. The molecule has 13 heteroatoms. The monoisotopic (exact) mass is 550 g/mol. The molecule has 1 fully saturated rings. The van der Waals surface area contributed by atoms with Crippen LogP contribution in [-0.4, -0.2) is 60.4 Å². The molecule has 0 radical (unpaired) electrons. The van der Waals surface area contributed by atoms with Crippen molar-refractivity contribution in [2.24, 2.45) is 7.05 Å². The van der Waals surface area contributed by atoms with Crippen molar-refractivity contribution in [1.82, 2.24) is 34.2 Å². The van der Waals surface area contributed by atoms with Crippen LogP contribution in [0.4, 0.5) is 18.9 Å². The molecule has 0 aliphatic carbocycles. The lowest BCUT2D eigenvalue weighted by atomic mass is 10.2. The minimum absolute atomic E-state index is 0.0795. The van der Waals surface area contributed by atoms with E-state index in [2.05, 4.69) is 25.1 Å². The minimum atomic E-state index is -2.87. The molecule has 0 spiro atoms. The summed E-state index contributed by atoms with van der Waals surface area (Å²) in [5.74, 6) is -1.25. The van der Waals surface area contributed by atoms with Crippen LogP contribution in [0, 0.1) is 5.82 Å². The van der Waals surface area contributed by atoms with E-state index >= 15 is 4.39 Å². The zero-order valence-electron chi connectivity index (χ0n) is 21.5. The average Bonchev–Trinajstić information content (AvgIpc) is 3.55. The molecule has 6 rings (SSSR count). The van der Waals surface area contributed by atoms with E-state index < -0.39 is 18.1 Å². The Bertz CT molecular complexity index is 1690. The fraction of sp³-hybridized carbons (Fsp3) is 0.296. The van der Waals surface area contributed by atoms with E-state index in [0.717, 1.165) is 25.2 Å². The van der Waals surface area contributed by atoms with Crippen LogP contribution in [0.2, 0.25) is 0 Å². The van der Waals surface area contributed by atoms with E-state index in [1.807, 2.05) is 23.2 Å². The summed E-state index contributed by atoms with van der Waals surface area (Å²) in [7, 11) is 1.65. The fourth-order valence-electron chi connectivity index (χ4n) is 4.95. The highest BCUT2D eigenvalue weighted by molar-refractivity contribution is 5.81. The number of hydrogen-bond acceptors (Lipinski definition) is 8. The van der Waals surface area contributed by atoms with Crippen molar-refractivity contribution in [1.29, 1.82) is 0 Å². The topological polar surface area (TPSA) is 98.1 Å². The molecule has 4 aromatic heterocycles. The number of aryl methyl sites for hydroxylation is 1. The molecule has 206 valence electrons. The highest BCUT2D eigenvalue weighted by Gasteiger charge is 2.23. The summed E-state index contributed by atoms with van der Waals surface area (Å²) < 4.78 is 48.8. The predicted molar refractivity (Wildman–Crippen MR) is 140 cm³/mol. The second kappa shape index (κ2) is 10.6. The Kier molecular flexibility index (Phi) is 6.80. The number of fused-ring (bicyclic) bond motifs is 1. The first-order chi connectivity index (χ1) is 19.4. The van der Waals surface area contributed by atoms with Gasteiger partial charge in [-0.2, -0.15) is 8.78 Å². The Balaban J connectivity index is 1.20. The number of piperazine rings is 1. The van der Waals surface area contributed by atoms with Crippen LogP contribution in [-0.2, 0) is 20.1 Å². The molecule has 1 saturated heterocycles. The number of aromatic nitrogens is 6. The van der Waals surface area contributed by atoms with E-state index in [-0.39, 0.29) is 18.1 Å². The number of anilines is 1. The quantitative estimate of drug-likeness (QED) is 0.303. The molecule has 1 aliphatic heterocycles. The van der Waals surface area contributed by atoms with Gasteiger partial charge in [0.15, 0.2) is 0 Å². The number of imidazole rings is 1. The first kappa shape index (κ1) is 25.7. The Labute approximate surface area is 226 Å². The normalized spacial score (nSPS) is 14.5. The van der Waals surface area contributed by atoms with Gasteiger partial charge in [-0.15, -0.1) is 10.2 Å². The third-order valence-corrected chi connectivity index (χ3v) is 7.08. The van der Waals surface area contributed by atoms with Gasteiger partial charge in [0.2, 0.25) is 5.89 Å². The van der Waals surface area contributed by atoms with Crippen molar-refractivity contribution in [3.8, 4) is 11.5 Å². The molecule has 0 amide bonds. The van der Waals surface area contributed by atoms with Crippen LogP contribution in [0.1, 0.15) is 23.6 Å². The first-order valence-electron chi connectivity index (χ1n) is 12.7. The van der Waals surface area contributed by atoms with Gasteiger partial charge in [0.25, 0.3) is 5.89 Å². The summed E-state index contributed by atoms with van der Waals surface area (Å²) in [6.45, 7) is 3.76. The van der Waals surface area contributed by atoms with Crippen molar-refractivity contribution >= 4 is 16.7 Å². The van der Waals surface area contributed by atoms with Crippen LogP contribution >= 0.6 is 0 Å². The van der Waals surface area contributed by atoms with Crippen LogP contribution < -0.4 is 10.6 Å². The lowest BCUT2D eigenvalue weighted by molar-refractivity contribution is 0.116. The smallest absolute Gasteiger partial charge is 0.329 e. The van der Waals surface area contributed by atoms with Gasteiger partial charge in [-0.25, -0.2) is 9.18 Å². The standard InChI is InChI=1S/C27H25F3N8O2/c1-35-22-12-21(37-9-7-36(8-10-37)15-17-3-2-6-31-13-17)20(28)11-23(22)38(27(35)39)16-19-5-4-18(14-32-19)25-33-34-26(40-25)24(29)30/h2-6,11-14,24H,7-10,15-16H2,1H3. The fourth-order valence-corrected chi connectivity index (χ4v) is 4.95. The van der Waals surface area contributed by atoms with E-state index in [1.54, 1.807) is 31.4 Å². The van der Waals surface area contributed by atoms with Gasteiger partial charge >= 0.3 is 12.1 Å². The average molecular weight is 551 g/mol. The summed E-state index contributed by atoms with van der Waals surface area (Å²) in [6, 6.07) is 10.3. The lowest BCUT2D eigenvalue weighted by Gasteiger charge is -2.36. The zero-order valence-corrected chi connectivity index (χ0v) is 21.5. The number of halogens is 3. The molecule has 5 aromatic rings. The number of alkyl halides is 2. The van der Waals surface area contributed by atoms with Gasteiger partial charge in [-0.05, 0) is 29.8 Å². The van der Waals surface area contributed by atoms with Gasteiger partial charge in [0.05, 0.1) is 34.5 Å². The highest BCUT2D eigenvalue weighted by Crippen LogP contribution is 2.28. The molecule has 5 heterocycles.